The van der Waals surface area contributed by atoms with Crippen LogP contribution in [-0.2, 0) is 18.8 Å². The molecule has 2 saturated heterocycles. The fraction of sp³-hybridized carbons (Fsp3) is 0.600. The Labute approximate surface area is 221 Å². The summed E-state index contributed by atoms with van der Waals surface area (Å²) in [7, 11) is 2.06. The van der Waals surface area contributed by atoms with Gasteiger partial charge < -0.3 is 10.2 Å². The molecule has 2 aliphatic rings. The van der Waals surface area contributed by atoms with Gasteiger partial charge >= 0.3 is 12.4 Å². The van der Waals surface area contributed by atoms with Crippen LogP contribution in [0.15, 0.2) is 30.3 Å². The zero-order valence-electron chi connectivity index (χ0n) is 22.6. The summed E-state index contributed by atoms with van der Waals surface area (Å²) in [5.41, 5.74) is 1.85. The summed E-state index contributed by atoms with van der Waals surface area (Å²) < 4.78 is 83.6. The molecule has 2 aromatic carbocycles. The van der Waals surface area contributed by atoms with Gasteiger partial charge in [-0.25, -0.2) is 0 Å². The van der Waals surface area contributed by atoms with E-state index in [0.717, 1.165) is 49.5 Å². The van der Waals surface area contributed by atoms with Gasteiger partial charge in [-0.2, -0.15) is 26.3 Å². The molecule has 2 atom stereocenters. The van der Waals surface area contributed by atoms with E-state index in [1.54, 1.807) is 6.07 Å². The van der Waals surface area contributed by atoms with E-state index in [1.165, 1.54) is 18.2 Å². The first kappa shape index (κ1) is 28.9. The molecule has 4 rings (SSSR count). The number of rotatable bonds is 6. The van der Waals surface area contributed by atoms with Crippen LogP contribution in [0.3, 0.4) is 0 Å². The molecule has 1 N–H and O–H groups in total. The third kappa shape index (κ3) is 6.39. The van der Waals surface area contributed by atoms with Gasteiger partial charge in [0.05, 0.1) is 11.1 Å². The number of nitrogens with zero attached hydrogens (tertiary/aromatic N) is 1. The van der Waals surface area contributed by atoms with Crippen molar-refractivity contribution in [2.75, 3.05) is 26.7 Å². The van der Waals surface area contributed by atoms with Gasteiger partial charge in [-0.3, -0.25) is 0 Å². The highest BCUT2D eigenvalue weighted by Crippen LogP contribution is 2.43. The number of nitrogens with one attached hydrogen (secondary N) is 1. The Morgan fingerprint density at radius 3 is 2.11 bits per heavy atom. The summed E-state index contributed by atoms with van der Waals surface area (Å²) in [6.07, 6.45) is -5.53. The lowest BCUT2D eigenvalue weighted by Gasteiger charge is -2.32. The van der Waals surface area contributed by atoms with Crippen LogP contribution in [0.2, 0.25) is 0 Å². The molecule has 210 valence electrons. The smallest absolute Gasteiger partial charge is 0.310 e. The minimum atomic E-state index is -4.51. The molecule has 0 aliphatic carbocycles. The summed E-state index contributed by atoms with van der Waals surface area (Å²) in [6.45, 7) is 8.20. The highest BCUT2D eigenvalue weighted by molar-refractivity contribution is 5.45. The number of hydrogen-bond donors (Lipinski definition) is 1. The fourth-order valence-electron chi connectivity index (χ4n) is 6.18. The third-order valence-corrected chi connectivity index (χ3v) is 8.30. The summed E-state index contributed by atoms with van der Waals surface area (Å²) in [6, 6.07) is 6.59. The van der Waals surface area contributed by atoms with E-state index >= 15 is 0 Å². The van der Waals surface area contributed by atoms with E-state index in [2.05, 4.69) is 17.3 Å². The Morgan fingerprint density at radius 2 is 1.55 bits per heavy atom. The Bertz CT molecular complexity index is 1110. The molecule has 0 amide bonds. The Hall–Kier alpha value is -2.06. The fourth-order valence-corrected chi connectivity index (χ4v) is 6.18. The van der Waals surface area contributed by atoms with E-state index in [-0.39, 0.29) is 35.8 Å². The minimum absolute atomic E-state index is 0.0489. The Kier molecular flexibility index (Phi) is 8.53. The van der Waals surface area contributed by atoms with Crippen LogP contribution in [0.1, 0.15) is 109 Å². The number of benzene rings is 2. The first-order valence-corrected chi connectivity index (χ1v) is 13.6. The Morgan fingerprint density at radius 1 is 0.868 bits per heavy atom. The second-order valence-electron chi connectivity index (χ2n) is 11.5. The van der Waals surface area contributed by atoms with Gasteiger partial charge in [0.15, 0.2) is 0 Å². The number of halogens is 6. The van der Waals surface area contributed by atoms with Crippen LogP contribution in [0.5, 0.6) is 0 Å². The molecule has 2 fully saturated rings. The average molecular weight is 541 g/mol. The lowest BCUT2D eigenvalue weighted by molar-refractivity contribution is -0.138. The van der Waals surface area contributed by atoms with Crippen molar-refractivity contribution in [1.29, 1.82) is 0 Å². The van der Waals surface area contributed by atoms with Crippen molar-refractivity contribution < 1.29 is 26.3 Å². The van der Waals surface area contributed by atoms with Gasteiger partial charge in [-0.05, 0) is 123 Å². The number of hydrogen-bond acceptors (Lipinski definition) is 2. The van der Waals surface area contributed by atoms with Crippen LogP contribution in [0.25, 0.3) is 0 Å². The predicted molar refractivity (Wildman–Crippen MR) is 139 cm³/mol. The minimum Gasteiger partial charge on any atom is -0.310 e. The van der Waals surface area contributed by atoms with Crippen molar-refractivity contribution in [2.45, 2.75) is 89.0 Å². The zero-order chi connectivity index (χ0) is 27.8. The predicted octanol–water partition coefficient (Wildman–Crippen LogP) is 8.43. The van der Waals surface area contributed by atoms with Crippen LogP contribution < -0.4 is 5.32 Å². The number of alkyl halides is 6. The molecule has 0 radical (unpaired) electrons. The topological polar surface area (TPSA) is 15.3 Å². The second kappa shape index (κ2) is 11.2. The van der Waals surface area contributed by atoms with Crippen LogP contribution in [0, 0.1) is 0 Å². The van der Waals surface area contributed by atoms with Crippen LogP contribution in [-0.4, -0.2) is 31.6 Å². The molecule has 1 unspecified atom stereocenters. The first-order chi connectivity index (χ1) is 17.8. The first-order valence-electron chi connectivity index (χ1n) is 13.6. The van der Waals surface area contributed by atoms with Crippen LogP contribution >= 0.6 is 0 Å². The van der Waals surface area contributed by atoms with Gasteiger partial charge in [0.1, 0.15) is 0 Å². The maximum absolute atomic E-state index is 14.3. The molecular formula is C30H38F6N2. The number of piperidine rings is 1. The molecule has 0 spiro atoms. The van der Waals surface area contributed by atoms with E-state index in [9.17, 15) is 26.3 Å². The molecule has 0 bridgehead atoms. The van der Waals surface area contributed by atoms with Gasteiger partial charge in [-0.15, -0.1) is 0 Å². The molecule has 8 heteroatoms. The van der Waals surface area contributed by atoms with Crippen molar-refractivity contribution in [3.63, 3.8) is 0 Å². The standard InChI is InChI=1S/C30H38F6N2/c1-18(2)24-17-27(30(34,35)36)21(15-25(24)20-9-12-38(4)13-10-20)14-19(3)23-8-7-22(29(31,32)33)16-26(23)28-6-5-11-37-28/h7-8,15-20,28,37H,5-6,9-14H2,1-4H3/t19-,28?/m0/s1. The van der Waals surface area contributed by atoms with E-state index in [0.29, 0.717) is 24.1 Å². The quantitative estimate of drug-likeness (QED) is 0.370. The second-order valence-corrected chi connectivity index (χ2v) is 11.5. The van der Waals surface area contributed by atoms with E-state index < -0.39 is 23.5 Å². The van der Waals surface area contributed by atoms with E-state index in [4.69, 9.17) is 0 Å². The van der Waals surface area contributed by atoms with Gasteiger partial charge in [0, 0.05) is 6.04 Å². The SMILES string of the molecule is CC(C)c1cc(C(F)(F)F)c(C[C@H](C)c2ccc(C(F)(F)F)cc2C2CCCN2)cc1C1CCN(C)CC1. The molecule has 2 aliphatic heterocycles. The van der Waals surface area contributed by atoms with Crippen molar-refractivity contribution in [2.24, 2.45) is 0 Å². The molecule has 2 nitrogen and oxygen atoms in total. The Balaban J connectivity index is 1.76. The highest BCUT2D eigenvalue weighted by atomic mass is 19.4. The monoisotopic (exact) mass is 540 g/mol. The summed E-state index contributed by atoms with van der Waals surface area (Å²) >= 11 is 0. The van der Waals surface area contributed by atoms with Crippen molar-refractivity contribution in [3.05, 3.63) is 69.3 Å². The highest BCUT2D eigenvalue weighted by Gasteiger charge is 2.37. The van der Waals surface area contributed by atoms with Gasteiger partial charge in [0.25, 0.3) is 0 Å². The third-order valence-electron chi connectivity index (χ3n) is 8.30. The molecule has 38 heavy (non-hydrogen) atoms. The van der Waals surface area contributed by atoms with Gasteiger partial charge in [0.2, 0.25) is 0 Å². The summed E-state index contributed by atoms with van der Waals surface area (Å²) in [5.74, 6) is -0.234. The average Bonchev–Trinajstić information content (AvgIpc) is 3.37. The molecule has 0 saturated carbocycles. The van der Waals surface area contributed by atoms with Crippen molar-refractivity contribution in [3.8, 4) is 0 Å². The maximum Gasteiger partial charge on any atom is 0.416 e. The lowest BCUT2D eigenvalue weighted by Crippen LogP contribution is -2.30. The van der Waals surface area contributed by atoms with Crippen molar-refractivity contribution in [1.82, 2.24) is 10.2 Å². The largest absolute Gasteiger partial charge is 0.416 e. The lowest BCUT2D eigenvalue weighted by atomic mass is 9.79. The normalized spacial score (nSPS) is 20.9. The molecular weight excluding hydrogens is 502 g/mol. The number of likely N-dealkylation sites (tertiary alicyclic amines) is 1. The summed E-state index contributed by atoms with van der Waals surface area (Å²) in [5, 5.41) is 3.27. The molecule has 0 aromatic heterocycles. The maximum atomic E-state index is 14.3. The molecule has 2 aromatic rings. The summed E-state index contributed by atoms with van der Waals surface area (Å²) in [4.78, 5) is 2.24. The molecule has 2 heterocycles. The zero-order valence-corrected chi connectivity index (χ0v) is 22.6. The van der Waals surface area contributed by atoms with Crippen molar-refractivity contribution >= 4 is 0 Å². The van der Waals surface area contributed by atoms with Crippen LogP contribution in [0.4, 0.5) is 26.3 Å². The van der Waals surface area contributed by atoms with Gasteiger partial charge in [-0.1, -0.05) is 32.9 Å². The van der Waals surface area contributed by atoms with E-state index in [1.807, 2.05) is 20.8 Å².